The van der Waals surface area contributed by atoms with E-state index in [0.29, 0.717) is 6.54 Å². The molecule has 0 fully saturated rings. The van der Waals surface area contributed by atoms with Crippen LogP contribution in [0.5, 0.6) is 0 Å². The smallest absolute Gasteiger partial charge is 0.172 e. The van der Waals surface area contributed by atoms with Gasteiger partial charge < -0.3 is 5.32 Å². The summed E-state index contributed by atoms with van der Waals surface area (Å²) in [7, 11) is 0. The Morgan fingerprint density at radius 1 is 0.955 bits per heavy atom. The van der Waals surface area contributed by atoms with Gasteiger partial charge in [-0.1, -0.05) is 18.2 Å². The van der Waals surface area contributed by atoms with E-state index in [1.54, 1.807) is 22.7 Å². The van der Waals surface area contributed by atoms with Crippen molar-refractivity contribution < 1.29 is 0 Å². The van der Waals surface area contributed by atoms with Crippen molar-refractivity contribution >= 4 is 39.4 Å². The first-order chi connectivity index (χ1) is 10.9. The molecule has 0 spiro atoms. The fraction of sp³-hybridized carbons (Fsp3) is 0.0625. The zero-order chi connectivity index (χ0) is 14.8. The van der Waals surface area contributed by atoms with Crippen molar-refractivity contribution in [3.63, 3.8) is 0 Å². The van der Waals surface area contributed by atoms with Gasteiger partial charge in [0.1, 0.15) is 10.8 Å². The molecule has 1 aromatic carbocycles. The third-order valence-corrected chi connectivity index (χ3v) is 4.88. The third kappa shape index (κ3) is 2.58. The van der Waals surface area contributed by atoms with Gasteiger partial charge in [0.05, 0.1) is 16.9 Å². The van der Waals surface area contributed by atoms with E-state index in [2.05, 4.69) is 15.3 Å². The Hall–Kier alpha value is -2.31. The predicted octanol–water partition coefficient (Wildman–Crippen LogP) is 4.43. The van der Waals surface area contributed by atoms with E-state index in [0.717, 1.165) is 32.4 Å². The maximum Gasteiger partial charge on any atom is 0.172 e. The topological polar surface area (TPSA) is 50.7 Å². The van der Waals surface area contributed by atoms with Gasteiger partial charge in [-0.05, 0) is 23.6 Å². The van der Waals surface area contributed by atoms with E-state index < -0.39 is 0 Å². The molecule has 0 amide bonds. The average molecular weight is 324 g/mol. The summed E-state index contributed by atoms with van der Waals surface area (Å²) in [6.45, 7) is 0.669. The Labute approximate surface area is 135 Å². The molecule has 3 aromatic heterocycles. The summed E-state index contributed by atoms with van der Waals surface area (Å²) in [5, 5.41) is 9.48. The largest absolute Gasteiger partial charge is 0.363 e. The Balaban J connectivity index is 1.77. The lowest BCUT2D eigenvalue weighted by atomic mass is 10.2. The molecule has 0 radical (unpaired) electrons. The number of fused-ring (bicyclic) bond motifs is 1. The summed E-state index contributed by atoms with van der Waals surface area (Å²) in [6, 6.07) is 12.1. The monoisotopic (exact) mass is 324 g/mol. The third-order valence-electron chi connectivity index (χ3n) is 3.24. The Kier molecular flexibility index (Phi) is 3.54. The summed E-state index contributed by atoms with van der Waals surface area (Å²) in [4.78, 5) is 14.7. The van der Waals surface area contributed by atoms with Crippen molar-refractivity contribution in [1.82, 2.24) is 15.0 Å². The van der Waals surface area contributed by atoms with Gasteiger partial charge in [0.15, 0.2) is 5.82 Å². The van der Waals surface area contributed by atoms with Gasteiger partial charge in [-0.2, -0.15) is 0 Å². The van der Waals surface area contributed by atoms with E-state index in [1.165, 1.54) is 0 Å². The average Bonchev–Trinajstić information content (AvgIpc) is 3.25. The maximum atomic E-state index is 4.71. The molecule has 3 heterocycles. The van der Waals surface area contributed by atoms with Crippen molar-refractivity contribution in [3.8, 4) is 10.7 Å². The zero-order valence-corrected chi connectivity index (χ0v) is 13.2. The lowest BCUT2D eigenvalue weighted by Gasteiger charge is -2.09. The molecule has 4 nitrogen and oxygen atoms in total. The normalized spacial score (nSPS) is 10.9. The first kappa shape index (κ1) is 13.4. The van der Waals surface area contributed by atoms with Crippen LogP contribution in [0, 0.1) is 0 Å². The maximum absolute atomic E-state index is 4.71. The van der Waals surface area contributed by atoms with Crippen LogP contribution < -0.4 is 5.32 Å². The molecular weight excluding hydrogens is 312 g/mol. The molecule has 0 unspecified atom stereocenters. The van der Waals surface area contributed by atoms with E-state index in [4.69, 9.17) is 4.98 Å². The number of rotatable bonds is 4. The van der Waals surface area contributed by atoms with Crippen molar-refractivity contribution in [1.29, 1.82) is 0 Å². The lowest BCUT2D eigenvalue weighted by molar-refractivity contribution is 1.08. The highest BCUT2D eigenvalue weighted by molar-refractivity contribution is 7.13. The van der Waals surface area contributed by atoms with Gasteiger partial charge in [0.25, 0.3) is 0 Å². The number of para-hydroxylation sites is 1. The second-order valence-electron chi connectivity index (χ2n) is 4.67. The predicted molar refractivity (Wildman–Crippen MR) is 92.3 cm³/mol. The quantitative estimate of drug-likeness (QED) is 0.603. The summed E-state index contributed by atoms with van der Waals surface area (Å²) >= 11 is 3.28. The Morgan fingerprint density at radius 3 is 2.73 bits per heavy atom. The molecule has 22 heavy (non-hydrogen) atoms. The molecule has 0 saturated heterocycles. The van der Waals surface area contributed by atoms with Crippen molar-refractivity contribution in [2.24, 2.45) is 0 Å². The first-order valence-electron chi connectivity index (χ1n) is 6.83. The molecule has 0 aliphatic heterocycles. The molecule has 0 atom stereocenters. The van der Waals surface area contributed by atoms with Gasteiger partial charge >= 0.3 is 0 Å². The zero-order valence-electron chi connectivity index (χ0n) is 11.6. The summed E-state index contributed by atoms with van der Waals surface area (Å²) in [6.07, 6.45) is 1.82. The second-order valence-corrected chi connectivity index (χ2v) is 6.60. The van der Waals surface area contributed by atoms with Gasteiger partial charge in [-0.15, -0.1) is 22.7 Å². The summed E-state index contributed by atoms with van der Waals surface area (Å²) in [5.41, 5.74) is 0.947. The van der Waals surface area contributed by atoms with E-state index >= 15 is 0 Å². The SMILES string of the molecule is c1csc(-c2nc(NCc3nccs3)c3ccccc3n2)c1. The van der Waals surface area contributed by atoms with Crippen LogP contribution in [-0.2, 0) is 6.54 Å². The first-order valence-corrected chi connectivity index (χ1v) is 8.59. The van der Waals surface area contributed by atoms with E-state index in [9.17, 15) is 0 Å². The number of anilines is 1. The number of hydrogen-bond acceptors (Lipinski definition) is 6. The van der Waals surface area contributed by atoms with Crippen LogP contribution in [0.15, 0.2) is 53.4 Å². The number of aromatic nitrogens is 3. The summed E-state index contributed by atoms with van der Waals surface area (Å²) < 4.78 is 0. The number of benzene rings is 1. The number of nitrogens with one attached hydrogen (secondary N) is 1. The van der Waals surface area contributed by atoms with Crippen LogP contribution in [-0.4, -0.2) is 15.0 Å². The van der Waals surface area contributed by atoms with Crippen LogP contribution >= 0.6 is 22.7 Å². The van der Waals surface area contributed by atoms with Crippen molar-refractivity contribution in [3.05, 3.63) is 58.4 Å². The number of nitrogens with zero attached hydrogens (tertiary/aromatic N) is 3. The second kappa shape index (κ2) is 5.82. The van der Waals surface area contributed by atoms with E-state index in [1.807, 2.05) is 53.4 Å². The lowest BCUT2D eigenvalue weighted by Crippen LogP contribution is -2.03. The molecular formula is C16H12N4S2. The van der Waals surface area contributed by atoms with Gasteiger partial charge in [-0.25, -0.2) is 15.0 Å². The van der Waals surface area contributed by atoms with Crippen LogP contribution in [0.3, 0.4) is 0 Å². The number of hydrogen-bond donors (Lipinski definition) is 1. The Morgan fingerprint density at radius 2 is 1.91 bits per heavy atom. The molecule has 1 N–H and O–H groups in total. The molecule has 0 saturated carbocycles. The molecule has 0 aliphatic carbocycles. The Bertz CT molecular complexity index is 886. The van der Waals surface area contributed by atoms with Crippen LogP contribution in [0.2, 0.25) is 0 Å². The van der Waals surface area contributed by atoms with Crippen LogP contribution in [0.25, 0.3) is 21.6 Å². The number of thiazole rings is 1. The molecule has 4 rings (SSSR count). The van der Waals surface area contributed by atoms with Gasteiger partial charge in [-0.3, -0.25) is 0 Å². The fourth-order valence-electron chi connectivity index (χ4n) is 2.23. The van der Waals surface area contributed by atoms with Crippen LogP contribution in [0.1, 0.15) is 5.01 Å². The van der Waals surface area contributed by atoms with Crippen molar-refractivity contribution in [2.75, 3.05) is 5.32 Å². The minimum Gasteiger partial charge on any atom is -0.363 e. The standard InChI is InChI=1S/C16H12N4S2/c1-2-5-12-11(4-1)15(18-10-14-17-7-9-22-14)20-16(19-12)13-6-3-8-21-13/h1-9H,10H2,(H,18,19,20). The summed E-state index contributed by atoms with van der Waals surface area (Å²) in [5.74, 6) is 1.61. The molecule has 0 aliphatic rings. The molecule has 0 bridgehead atoms. The highest BCUT2D eigenvalue weighted by Gasteiger charge is 2.10. The molecule has 4 aromatic rings. The highest BCUT2D eigenvalue weighted by Crippen LogP contribution is 2.27. The van der Waals surface area contributed by atoms with E-state index in [-0.39, 0.29) is 0 Å². The molecule has 6 heteroatoms. The minimum absolute atomic E-state index is 0.669. The molecule has 108 valence electrons. The van der Waals surface area contributed by atoms with Crippen LogP contribution in [0.4, 0.5) is 5.82 Å². The minimum atomic E-state index is 0.669. The van der Waals surface area contributed by atoms with Crippen molar-refractivity contribution in [2.45, 2.75) is 6.54 Å². The number of thiophene rings is 1. The van der Waals surface area contributed by atoms with Gasteiger partial charge in [0.2, 0.25) is 0 Å². The fourth-order valence-corrected chi connectivity index (χ4v) is 3.44. The van der Waals surface area contributed by atoms with Gasteiger partial charge in [0, 0.05) is 17.0 Å². The highest BCUT2D eigenvalue weighted by atomic mass is 32.1.